The molecule has 3 fully saturated rings. The van der Waals surface area contributed by atoms with Gasteiger partial charge in [0.25, 0.3) is 0 Å². The summed E-state index contributed by atoms with van der Waals surface area (Å²) in [4.78, 5) is 4.77. The molecule has 0 spiro atoms. The monoisotopic (exact) mass is 380 g/mol. The number of piperazine rings is 1. The van der Waals surface area contributed by atoms with E-state index in [-0.39, 0.29) is 31.1 Å². The highest BCUT2D eigenvalue weighted by atomic mass is 32.2. The van der Waals surface area contributed by atoms with Crippen LogP contribution in [0, 0.1) is 5.92 Å². The Kier molecular flexibility index (Phi) is 5.23. The first-order valence-electron chi connectivity index (χ1n) is 9.55. The lowest BCUT2D eigenvalue weighted by Crippen LogP contribution is -2.59. The summed E-state index contributed by atoms with van der Waals surface area (Å²) in [7, 11) is -2.96. The van der Waals surface area contributed by atoms with E-state index in [1.54, 1.807) is 0 Å². The Morgan fingerprint density at radius 3 is 2.58 bits per heavy atom. The Bertz CT molecular complexity index is 735. The number of aliphatic hydroxyl groups excluding tert-OH is 1. The van der Waals surface area contributed by atoms with Gasteiger partial charge in [0.2, 0.25) is 0 Å². The van der Waals surface area contributed by atoms with Gasteiger partial charge >= 0.3 is 0 Å². The quantitative estimate of drug-likeness (QED) is 0.753. The standard InChI is InChI=1S/C19H28N2O4S/c22-8-9-25-17-3-1-2-16(10-17)12-21-7-6-20(11-15-4-5-15)18-13-26(23,24)14-19(18)21/h1-3,10,15,18-19,22H,4-9,11-14H2/t18-,19+/m1/s1. The predicted octanol–water partition coefficient (Wildman–Crippen LogP) is 0.751. The molecule has 26 heavy (non-hydrogen) atoms. The third kappa shape index (κ3) is 4.22. The molecule has 2 saturated heterocycles. The largest absolute Gasteiger partial charge is 0.491 e. The number of aliphatic hydroxyl groups is 1. The maximum absolute atomic E-state index is 12.3. The Labute approximate surface area is 155 Å². The normalized spacial score (nSPS) is 28.8. The second-order valence-electron chi connectivity index (χ2n) is 7.84. The van der Waals surface area contributed by atoms with E-state index in [0.29, 0.717) is 5.75 Å². The molecule has 2 aliphatic heterocycles. The van der Waals surface area contributed by atoms with Crippen LogP contribution < -0.4 is 4.74 Å². The first-order chi connectivity index (χ1) is 12.5. The second kappa shape index (κ2) is 7.46. The lowest BCUT2D eigenvalue weighted by Gasteiger charge is -2.44. The second-order valence-corrected chi connectivity index (χ2v) is 9.99. The van der Waals surface area contributed by atoms with Crippen LogP contribution in [0.1, 0.15) is 18.4 Å². The highest BCUT2D eigenvalue weighted by molar-refractivity contribution is 7.91. The fourth-order valence-corrected chi connectivity index (χ4v) is 6.33. The summed E-state index contributed by atoms with van der Waals surface area (Å²) >= 11 is 0. The van der Waals surface area contributed by atoms with Crippen molar-refractivity contribution in [1.82, 2.24) is 9.80 Å². The number of hydrogen-bond acceptors (Lipinski definition) is 6. The Morgan fingerprint density at radius 2 is 1.85 bits per heavy atom. The zero-order valence-corrected chi connectivity index (χ0v) is 15.9. The van der Waals surface area contributed by atoms with Gasteiger partial charge in [0.1, 0.15) is 12.4 Å². The van der Waals surface area contributed by atoms with E-state index >= 15 is 0 Å². The summed E-state index contributed by atoms with van der Waals surface area (Å²) in [5, 5.41) is 8.91. The molecule has 0 aromatic heterocycles. The first-order valence-corrected chi connectivity index (χ1v) is 11.4. The van der Waals surface area contributed by atoms with Gasteiger partial charge < -0.3 is 9.84 Å². The van der Waals surface area contributed by atoms with E-state index in [0.717, 1.165) is 43.4 Å². The number of nitrogens with zero attached hydrogens (tertiary/aromatic N) is 2. The third-order valence-electron chi connectivity index (χ3n) is 5.74. The van der Waals surface area contributed by atoms with Gasteiger partial charge in [0.15, 0.2) is 9.84 Å². The van der Waals surface area contributed by atoms with Gasteiger partial charge in [-0.25, -0.2) is 8.42 Å². The first kappa shape index (κ1) is 18.2. The fourth-order valence-electron chi connectivity index (χ4n) is 4.28. The number of benzene rings is 1. The van der Waals surface area contributed by atoms with Crippen LogP contribution in [0.4, 0.5) is 0 Å². The summed E-state index contributed by atoms with van der Waals surface area (Å²) in [6.45, 7) is 3.94. The van der Waals surface area contributed by atoms with Crippen LogP contribution in [0.3, 0.4) is 0 Å². The molecule has 1 saturated carbocycles. The van der Waals surface area contributed by atoms with Crippen LogP contribution in [0.2, 0.25) is 0 Å². The van der Waals surface area contributed by atoms with Gasteiger partial charge in [-0.3, -0.25) is 9.80 Å². The molecule has 0 bridgehead atoms. The molecular weight excluding hydrogens is 352 g/mol. The predicted molar refractivity (Wildman–Crippen MR) is 100.0 cm³/mol. The summed E-state index contributed by atoms with van der Waals surface area (Å²) in [6.07, 6.45) is 2.59. The number of ether oxygens (including phenoxy) is 1. The molecule has 0 amide bonds. The lowest BCUT2D eigenvalue weighted by atomic mass is 10.0. The number of sulfone groups is 1. The molecule has 1 aliphatic carbocycles. The smallest absolute Gasteiger partial charge is 0.153 e. The van der Waals surface area contributed by atoms with Gasteiger partial charge in [0, 0.05) is 38.3 Å². The van der Waals surface area contributed by atoms with Crippen LogP contribution in [0.15, 0.2) is 24.3 Å². The van der Waals surface area contributed by atoms with Gasteiger partial charge in [-0.1, -0.05) is 12.1 Å². The number of rotatable bonds is 7. The van der Waals surface area contributed by atoms with Crippen molar-refractivity contribution in [2.75, 3.05) is 44.4 Å². The highest BCUT2D eigenvalue weighted by Gasteiger charge is 2.47. The van der Waals surface area contributed by atoms with E-state index in [1.165, 1.54) is 12.8 Å². The molecule has 4 rings (SSSR count). The van der Waals surface area contributed by atoms with Crippen LogP contribution in [-0.2, 0) is 16.4 Å². The zero-order valence-electron chi connectivity index (χ0n) is 15.1. The summed E-state index contributed by atoms with van der Waals surface area (Å²) < 4.78 is 30.1. The number of fused-ring (bicyclic) bond motifs is 1. The van der Waals surface area contributed by atoms with Crippen molar-refractivity contribution in [3.63, 3.8) is 0 Å². The molecule has 0 radical (unpaired) electrons. The molecule has 1 N–H and O–H groups in total. The third-order valence-corrected chi connectivity index (χ3v) is 7.44. The molecular formula is C19H28N2O4S. The van der Waals surface area contributed by atoms with Gasteiger partial charge in [-0.2, -0.15) is 0 Å². The molecule has 2 heterocycles. The molecule has 144 valence electrons. The van der Waals surface area contributed by atoms with Crippen molar-refractivity contribution in [2.45, 2.75) is 31.5 Å². The highest BCUT2D eigenvalue weighted by Crippen LogP contribution is 2.34. The average Bonchev–Trinajstić information content (AvgIpc) is 3.36. The molecule has 7 heteroatoms. The van der Waals surface area contributed by atoms with Crippen molar-refractivity contribution in [3.05, 3.63) is 29.8 Å². The average molecular weight is 381 g/mol. The maximum atomic E-state index is 12.3. The summed E-state index contributed by atoms with van der Waals surface area (Å²) in [5.74, 6) is 2.12. The van der Waals surface area contributed by atoms with E-state index in [2.05, 4.69) is 15.9 Å². The fraction of sp³-hybridized carbons (Fsp3) is 0.684. The lowest BCUT2D eigenvalue weighted by molar-refractivity contribution is 0.0376. The minimum absolute atomic E-state index is 0.00516. The van der Waals surface area contributed by atoms with Crippen molar-refractivity contribution in [1.29, 1.82) is 0 Å². The van der Waals surface area contributed by atoms with Crippen LogP contribution in [0.5, 0.6) is 5.75 Å². The minimum Gasteiger partial charge on any atom is -0.491 e. The molecule has 1 aromatic rings. The Hall–Kier alpha value is -1.15. The van der Waals surface area contributed by atoms with Crippen molar-refractivity contribution in [2.24, 2.45) is 5.92 Å². The Morgan fingerprint density at radius 1 is 1.12 bits per heavy atom. The van der Waals surface area contributed by atoms with Gasteiger partial charge in [-0.05, 0) is 36.5 Å². The Balaban J connectivity index is 1.46. The van der Waals surface area contributed by atoms with E-state index in [1.807, 2.05) is 18.2 Å². The van der Waals surface area contributed by atoms with Gasteiger partial charge in [-0.15, -0.1) is 0 Å². The van der Waals surface area contributed by atoms with Crippen LogP contribution >= 0.6 is 0 Å². The van der Waals surface area contributed by atoms with Crippen molar-refractivity contribution in [3.8, 4) is 5.75 Å². The molecule has 2 atom stereocenters. The summed E-state index contributed by atoms with van der Waals surface area (Å²) in [6, 6.07) is 8.12. The van der Waals surface area contributed by atoms with E-state index in [4.69, 9.17) is 9.84 Å². The van der Waals surface area contributed by atoms with Crippen molar-refractivity contribution < 1.29 is 18.3 Å². The SMILES string of the molecule is O=S1(=O)C[C@@H]2[C@H](C1)N(Cc1cccc(OCCO)c1)CCN2CC1CC1. The topological polar surface area (TPSA) is 70.1 Å². The van der Waals surface area contributed by atoms with Gasteiger partial charge in [0.05, 0.1) is 18.1 Å². The molecule has 3 aliphatic rings. The maximum Gasteiger partial charge on any atom is 0.153 e. The van der Waals surface area contributed by atoms with Crippen LogP contribution in [0.25, 0.3) is 0 Å². The van der Waals surface area contributed by atoms with E-state index < -0.39 is 9.84 Å². The number of hydrogen-bond donors (Lipinski definition) is 1. The van der Waals surface area contributed by atoms with Crippen molar-refractivity contribution >= 4 is 9.84 Å². The van der Waals surface area contributed by atoms with E-state index in [9.17, 15) is 8.42 Å². The molecule has 0 unspecified atom stereocenters. The summed E-state index contributed by atoms with van der Waals surface area (Å²) in [5.41, 5.74) is 1.12. The molecule has 6 nitrogen and oxygen atoms in total. The molecule has 1 aromatic carbocycles. The minimum atomic E-state index is -2.96. The van der Waals surface area contributed by atoms with Crippen LogP contribution in [-0.4, -0.2) is 79.8 Å². The zero-order chi connectivity index (χ0) is 18.1.